The van der Waals surface area contributed by atoms with Gasteiger partial charge in [-0.3, -0.25) is 9.59 Å². The summed E-state index contributed by atoms with van der Waals surface area (Å²) in [4.78, 5) is 28.5. The molecule has 3 aliphatic rings. The molecule has 0 spiro atoms. The van der Waals surface area contributed by atoms with Gasteiger partial charge in [-0.2, -0.15) is 0 Å². The number of carbonyl (C=O) groups excluding carboxylic acids is 2. The number of amides is 2. The van der Waals surface area contributed by atoms with Gasteiger partial charge in [-0.1, -0.05) is 6.07 Å². The molecule has 1 atom stereocenters. The number of benzene rings is 1. The first-order chi connectivity index (χ1) is 11.7. The fourth-order valence-corrected chi connectivity index (χ4v) is 3.42. The van der Waals surface area contributed by atoms with Crippen LogP contribution in [0.2, 0.25) is 0 Å². The van der Waals surface area contributed by atoms with Gasteiger partial charge in [0.2, 0.25) is 18.6 Å². The zero-order valence-corrected chi connectivity index (χ0v) is 13.4. The average molecular weight is 332 g/mol. The van der Waals surface area contributed by atoms with Gasteiger partial charge >= 0.3 is 0 Å². The Bertz CT molecular complexity index is 656. The molecule has 2 saturated heterocycles. The van der Waals surface area contributed by atoms with Crippen LogP contribution < -0.4 is 9.47 Å². The van der Waals surface area contributed by atoms with Crippen LogP contribution in [-0.2, 0) is 20.9 Å². The van der Waals surface area contributed by atoms with Crippen molar-refractivity contribution in [2.24, 2.45) is 0 Å². The molecule has 0 radical (unpaired) electrons. The highest BCUT2D eigenvalue weighted by Crippen LogP contribution is 2.33. The van der Waals surface area contributed by atoms with Crippen molar-refractivity contribution in [3.63, 3.8) is 0 Å². The Hall–Kier alpha value is -2.28. The van der Waals surface area contributed by atoms with Crippen LogP contribution in [0.1, 0.15) is 18.4 Å². The van der Waals surface area contributed by atoms with Crippen LogP contribution in [0.5, 0.6) is 11.5 Å². The van der Waals surface area contributed by atoms with Crippen LogP contribution in [-0.4, -0.2) is 60.8 Å². The number of rotatable bonds is 3. The molecule has 0 N–H and O–H groups in total. The molecule has 1 aromatic rings. The molecule has 0 aliphatic carbocycles. The Morgan fingerprint density at radius 3 is 2.79 bits per heavy atom. The first-order valence-electron chi connectivity index (χ1n) is 8.27. The minimum Gasteiger partial charge on any atom is -0.454 e. The number of morpholine rings is 1. The second-order valence-corrected chi connectivity index (χ2v) is 6.20. The van der Waals surface area contributed by atoms with Crippen molar-refractivity contribution in [2.75, 3.05) is 33.1 Å². The Morgan fingerprint density at radius 1 is 1.17 bits per heavy atom. The molecule has 3 heterocycles. The van der Waals surface area contributed by atoms with Gasteiger partial charge in [0.25, 0.3) is 0 Å². The lowest BCUT2D eigenvalue weighted by molar-refractivity contribution is -0.144. The third-order valence-corrected chi connectivity index (χ3v) is 4.73. The van der Waals surface area contributed by atoms with Gasteiger partial charge in [-0.25, -0.2) is 0 Å². The smallest absolute Gasteiger partial charge is 0.245 e. The summed E-state index contributed by atoms with van der Waals surface area (Å²) in [7, 11) is 0. The summed E-state index contributed by atoms with van der Waals surface area (Å²) in [5.41, 5.74) is 0.939. The summed E-state index contributed by atoms with van der Waals surface area (Å²) in [5, 5.41) is 0. The van der Waals surface area contributed by atoms with E-state index in [1.165, 1.54) is 0 Å². The van der Waals surface area contributed by atoms with E-state index in [1.54, 1.807) is 9.80 Å². The summed E-state index contributed by atoms with van der Waals surface area (Å²) in [6.07, 6.45) is 1.00. The van der Waals surface area contributed by atoms with Crippen molar-refractivity contribution < 1.29 is 23.8 Å². The molecule has 0 saturated carbocycles. The van der Waals surface area contributed by atoms with Crippen molar-refractivity contribution in [1.29, 1.82) is 0 Å². The Labute approximate surface area is 140 Å². The molecule has 2 fully saturated rings. The number of fused-ring (bicyclic) bond motifs is 1. The van der Waals surface area contributed by atoms with Crippen molar-refractivity contribution in [3.05, 3.63) is 23.8 Å². The van der Waals surface area contributed by atoms with Gasteiger partial charge in [0.05, 0.1) is 13.2 Å². The molecule has 4 rings (SSSR count). The lowest BCUT2D eigenvalue weighted by atomic mass is 10.1. The quantitative estimate of drug-likeness (QED) is 0.818. The summed E-state index contributed by atoms with van der Waals surface area (Å²) in [5.74, 6) is 1.46. The van der Waals surface area contributed by atoms with Crippen LogP contribution in [0.15, 0.2) is 18.2 Å². The van der Waals surface area contributed by atoms with Crippen LogP contribution in [0.25, 0.3) is 0 Å². The van der Waals surface area contributed by atoms with E-state index in [1.807, 2.05) is 18.2 Å². The predicted octanol–water partition coefficient (Wildman–Crippen LogP) is 0.765. The van der Waals surface area contributed by atoms with E-state index in [4.69, 9.17) is 14.2 Å². The van der Waals surface area contributed by atoms with E-state index in [-0.39, 0.29) is 24.6 Å². The van der Waals surface area contributed by atoms with Crippen molar-refractivity contribution in [3.8, 4) is 11.5 Å². The van der Waals surface area contributed by atoms with Crippen molar-refractivity contribution in [1.82, 2.24) is 9.80 Å². The minimum atomic E-state index is -0.374. The minimum absolute atomic E-state index is 0.0271. The number of hydrogen-bond donors (Lipinski definition) is 0. The summed E-state index contributed by atoms with van der Waals surface area (Å²) >= 11 is 0. The summed E-state index contributed by atoms with van der Waals surface area (Å²) in [6, 6.07) is 5.26. The fraction of sp³-hybridized carbons (Fsp3) is 0.529. The molecule has 1 unspecified atom stereocenters. The molecule has 128 valence electrons. The molecule has 0 bridgehead atoms. The van der Waals surface area contributed by atoms with E-state index in [0.29, 0.717) is 57.2 Å². The number of hydrogen-bond acceptors (Lipinski definition) is 5. The van der Waals surface area contributed by atoms with Gasteiger partial charge in [-0.05, 0) is 24.1 Å². The fourth-order valence-electron chi connectivity index (χ4n) is 3.42. The monoisotopic (exact) mass is 332 g/mol. The third-order valence-electron chi connectivity index (χ3n) is 4.73. The number of ether oxygens (including phenoxy) is 3. The SMILES string of the molecule is O=C(C1CCC(=O)N1Cc1ccc2c(c1)OCO2)N1CCOCC1. The van der Waals surface area contributed by atoms with E-state index in [0.717, 1.165) is 5.56 Å². The van der Waals surface area contributed by atoms with Gasteiger partial charge in [0.1, 0.15) is 6.04 Å². The molecule has 2 amide bonds. The first-order valence-corrected chi connectivity index (χ1v) is 8.27. The Kier molecular flexibility index (Phi) is 4.02. The van der Waals surface area contributed by atoms with Crippen LogP contribution in [0.3, 0.4) is 0 Å². The maximum atomic E-state index is 12.8. The molecule has 1 aromatic carbocycles. The van der Waals surface area contributed by atoms with Crippen LogP contribution in [0, 0.1) is 0 Å². The van der Waals surface area contributed by atoms with Crippen molar-refractivity contribution >= 4 is 11.8 Å². The molecular weight excluding hydrogens is 312 g/mol. The van der Waals surface area contributed by atoms with Gasteiger partial charge in [0.15, 0.2) is 11.5 Å². The predicted molar refractivity (Wildman–Crippen MR) is 83.5 cm³/mol. The summed E-state index contributed by atoms with van der Waals surface area (Å²) in [6.45, 7) is 2.96. The van der Waals surface area contributed by atoms with E-state index in [2.05, 4.69) is 0 Å². The lowest BCUT2D eigenvalue weighted by Gasteiger charge is -2.32. The molecule has 24 heavy (non-hydrogen) atoms. The molecule has 7 heteroatoms. The van der Waals surface area contributed by atoms with E-state index in [9.17, 15) is 9.59 Å². The highest BCUT2D eigenvalue weighted by molar-refractivity contribution is 5.91. The normalized spacial score (nSPS) is 23.0. The Balaban J connectivity index is 1.49. The molecular formula is C17H20N2O5. The van der Waals surface area contributed by atoms with E-state index >= 15 is 0 Å². The number of nitrogens with zero attached hydrogens (tertiary/aromatic N) is 2. The second kappa shape index (κ2) is 6.32. The maximum absolute atomic E-state index is 12.8. The van der Waals surface area contributed by atoms with E-state index < -0.39 is 0 Å². The molecule has 7 nitrogen and oxygen atoms in total. The van der Waals surface area contributed by atoms with Crippen LogP contribution in [0.4, 0.5) is 0 Å². The van der Waals surface area contributed by atoms with Gasteiger partial charge < -0.3 is 24.0 Å². The molecule has 3 aliphatic heterocycles. The topological polar surface area (TPSA) is 68.3 Å². The van der Waals surface area contributed by atoms with Gasteiger partial charge in [0, 0.05) is 26.1 Å². The third kappa shape index (κ3) is 2.80. The number of carbonyl (C=O) groups is 2. The molecule has 0 aromatic heterocycles. The highest BCUT2D eigenvalue weighted by Gasteiger charge is 2.38. The average Bonchev–Trinajstić information content (AvgIpc) is 3.22. The second-order valence-electron chi connectivity index (χ2n) is 6.20. The highest BCUT2D eigenvalue weighted by atomic mass is 16.7. The first kappa shape index (κ1) is 15.3. The Morgan fingerprint density at radius 2 is 1.96 bits per heavy atom. The largest absolute Gasteiger partial charge is 0.454 e. The summed E-state index contributed by atoms with van der Waals surface area (Å²) < 4.78 is 16.0. The van der Waals surface area contributed by atoms with Gasteiger partial charge in [-0.15, -0.1) is 0 Å². The van der Waals surface area contributed by atoms with Crippen LogP contribution >= 0.6 is 0 Å². The number of likely N-dealkylation sites (tertiary alicyclic amines) is 1. The maximum Gasteiger partial charge on any atom is 0.245 e. The zero-order chi connectivity index (χ0) is 16.5. The standard InChI is InChI=1S/C17H20N2O5/c20-16-4-2-13(17(21)18-5-7-22-8-6-18)19(16)10-12-1-3-14-15(9-12)24-11-23-14/h1,3,9,13H,2,4-8,10-11H2. The lowest BCUT2D eigenvalue weighted by Crippen LogP contribution is -2.50. The zero-order valence-electron chi connectivity index (χ0n) is 13.4. The van der Waals surface area contributed by atoms with Crippen molar-refractivity contribution in [2.45, 2.75) is 25.4 Å².